The molecule has 0 aliphatic rings. The van der Waals surface area contributed by atoms with Gasteiger partial charge in [0.05, 0.1) is 26.4 Å². The van der Waals surface area contributed by atoms with Gasteiger partial charge in [0.2, 0.25) is 0 Å². The first-order valence-corrected chi connectivity index (χ1v) is 5.32. The zero-order valence-electron chi connectivity index (χ0n) is 10.5. The Hall–Kier alpha value is -1.44. The second-order valence-electron chi connectivity index (χ2n) is 2.75. The summed E-state index contributed by atoms with van der Waals surface area (Å²) in [4.78, 5) is 18.8. The highest BCUT2D eigenvalue weighted by atomic mass is 16.5. The summed E-state index contributed by atoms with van der Waals surface area (Å²) in [6.45, 7) is 5.50. The van der Waals surface area contributed by atoms with Gasteiger partial charge in [0.15, 0.2) is 0 Å². The maximum atomic E-state index is 9.60. The molecular formula is C11H22O7. The Morgan fingerprint density at radius 1 is 1.17 bits per heavy atom. The van der Waals surface area contributed by atoms with Crippen molar-refractivity contribution >= 4 is 11.9 Å². The van der Waals surface area contributed by atoms with E-state index in [4.69, 9.17) is 20.4 Å². The molecule has 0 saturated heterocycles. The zero-order valence-corrected chi connectivity index (χ0v) is 10.5. The third-order valence-corrected chi connectivity index (χ3v) is 1.11. The summed E-state index contributed by atoms with van der Waals surface area (Å²) in [6, 6.07) is 0. The lowest BCUT2D eigenvalue weighted by molar-refractivity contribution is -0.137. The van der Waals surface area contributed by atoms with Gasteiger partial charge in [0.1, 0.15) is 0 Å². The van der Waals surface area contributed by atoms with Crippen LogP contribution in [0.25, 0.3) is 0 Å². The molecule has 0 aliphatic heterocycles. The summed E-state index contributed by atoms with van der Waals surface area (Å²) in [5.41, 5.74) is 0. The summed E-state index contributed by atoms with van der Waals surface area (Å²) in [5, 5.41) is 31.7. The summed E-state index contributed by atoms with van der Waals surface area (Å²) in [7, 11) is 0. The fourth-order valence-corrected chi connectivity index (χ4v) is 0.445. The maximum absolute atomic E-state index is 9.60. The highest BCUT2D eigenvalue weighted by molar-refractivity contribution is 5.78. The molecule has 0 radical (unpaired) electrons. The van der Waals surface area contributed by atoms with E-state index in [1.807, 2.05) is 6.92 Å². The van der Waals surface area contributed by atoms with Crippen LogP contribution in [0.1, 0.15) is 19.8 Å². The average Bonchev–Trinajstić information content (AvgIpc) is 2.31. The lowest BCUT2D eigenvalue weighted by atomic mass is 10.4. The third-order valence-electron chi connectivity index (χ3n) is 1.11. The van der Waals surface area contributed by atoms with Gasteiger partial charge in [-0.3, -0.25) is 4.79 Å². The number of carbonyl (C=O) groups is 2. The Labute approximate surface area is 106 Å². The highest BCUT2D eigenvalue weighted by Gasteiger charge is 1.87. The smallest absolute Gasteiger partial charge is 0.327 e. The summed E-state index contributed by atoms with van der Waals surface area (Å²) in [5.74, 6) is -1.69. The van der Waals surface area contributed by atoms with E-state index in [1.165, 1.54) is 0 Å². The Balaban J connectivity index is -0.000000190. The molecule has 18 heavy (non-hydrogen) atoms. The lowest BCUT2D eigenvalue weighted by Gasteiger charge is -1.94. The molecule has 108 valence electrons. The molecule has 0 rings (SSSR count). The van der Waals surface area contributed by atoms with Crippen LogP contribution in [-0.2, 0) is 14.3 Å². The van der Waals surface area contributed by atoms with Gasteiger partial charge in [0, 0.05) is 12.5 Å². The first-order valence-electron chi connectivity index (χ1n) is 5.32. The number of ether oxygens (including phenoxy) is 1. The van der Waals surface area contributed by atoms with Crippen LogP contribution < -0.4 is 0 Å². The summed E-state index contributed by atoms with van der Waals surface area (Å²) in [6.07, 6.45) is 1.86. The molecule has 0 aliphatic carbocycles. The van der Waals surface area contributed by atoms with Crippen molar-refractivity contribution in [3.8, 4) is 0 Å². The predicted octanol–water partition coefficient (Wildman–Crippen LogP) is 0.116. The van der Waals surface area contributed by atoms with E-state index < -0.39 is 11.9 Å². The zero-order chi connectivity index (χ0) is 14.8. The summed E-state index contributed by atoms with van der Waals surface area (Å²) < 4.78 is 4.63. The van der Waals surface area contributed by atoms with Crippen molar-refractivity contribution in [1.82, 2.24) is 0 Å². The molecule has 0 fully saturated rings. The summed E-state index contributed by atoms with van der Waals surface area (Å²) >= 11 is 0. The quantitative estimate of drug-likeness (QED) is 0.381. The Morgan fingerprint density at radius 3 is 1.67 bits per heavy atom. The van der Waals surface area contributed by atoms with Crippen LogP contribution in [0.4, 0.5) is 0 Å². The number of aliphatic hydroxyl groups is 2. The SMILES string of the molecule is C=CC(=O)O.CCCC(=O)O.OCCOCCO. The van der Waals surface area contributed by atoms with Crippen LogP contribution in [-0.4, -0.2) is 58.8 Å². The van der Waals surface area contributed by atoms with Gasteiger partial charge < -0.3 is 25.2 Å². The molecule has 0 aromatic carbocycles. The molecule has 0 bridgehead atoms. The normalized spacial score (nSPS) is 8.17. The van der Waals surface area contributed by atoms with Gasteiger partial charge in [-0.05, 0) is 6.42 Å². The number of carboxylic acids is 2. The standard InChI is InChI=1S/C4H10O3.C4H8O2.C3H4O2/c5-1-3-7-4-2-6;1-2-3-4(5)6;1-2-3(4)5/h5-6H,1-4H2;2-3H2,1H3,(H,5,6);2H,1H2,(H,4,5). The third kappa shape index (κ3) is 46.8. The Kier molecular flexibility index (Phi) is 25.3. The van der Waals surface area contributed by atoms with Gasteiger partial charge >= 0.3 is 11.9 Å². The fraction of sp³-hybridized carbons (Fsp3) is 0.636. The Morgan fingerprint density at radius 2 is 1.56 bits per heavy atom. The number of aliphatic hydroxyl groups excluding tert-OH is 2. The number of carboxylic acid groups (broad SMARTS) is 2. The van der Waals surface area contributed by atoms with Crippen molar-refractivity contribution in [2.24, 2.45) is 0 Å². The molecule has 7 heteroatoms. The fourth-order valence-electron chi connectivity index (χ4n) is 0.445. The molecule has 0 heterocycles. The van der Waals surface area contributed by atoms with Crippen molar-refractivity contribution < 1.29 is 34.8 Å². The molecule has 0 amide bonds. The van der Waals surface area contributed by atoms with E-state index in [0.29, 0.717) is 19.6 Å². The second kappa shape index (κ2) is 20.9. The lowest BCUT2D eigenvalue weighted by Crippen LogP contribution is -2.03. The molecule has 0 unspecified atom stereocenters. The molecule has 0 aromatic heterocycles. The van der Waals surface area contributed by atoms with Crippen molar-refractivity contribution in [1.29, 1.82) is 0 Å². The van der Waals surface area contributed by atoms with Crippen LogP contribution in [0.15, 0.2) is 12.7 Å². The van der Waals surface area contributed by atoms with E-state index in [9.17, 15) is 9.59 Å². The second-order valence-corrected chi connectivity index (χ2v) is 2.75. The number of hydrogen-bond acceptors (Lipinski definition) is 5. The first-order chi connectivity index (χ1) is 8.45. The molecule has 0 atom stereocenters. The van der Waals surface area contributed by atoms with E-state index in [-0.39, 0.29) is 13.2 Å². The molecule has 0 saturated carbocycles. The number of rotatable bonds is 7. The molecular weight excluding hydrogens is 244 g/mol. The van der Waals surface area contributed by atoms with E-state index in [2.05, 4.69) is 11.3 Å². The van der Waals surface area contributed by atoms with Crippen molar-refractivity contribution in [3.05, 3.63) is 12.7 Å². The van der Waals surface area contributed by atoms with Gasteiger partial charge in [-0.15, -0.1) is 0 Å². The number of aliphatic carboxylic acids is 2. The first kappa shape index (κ1) is 21.8. The minimum atomic E-state index is -0.981. The maximum Gasteiger partial charge on any atom is 0.327 e. The van der Waals surface area contributed by atoms with Gasteiger partial charge in [0.25, 0.3) is 0 Å². The van der Waals surface area contributed by atoms with Crippen molar-refractivity contribution in [2.75, 3.05) is 26.4 Å². The number of hydrogen-bond donors (Lipinski definition) is 4. The van der Waals surface area contributed by atoms with Crippen LogP contribution in [0.5, 0.6) is 0 Å². The van der Waals surface area contributed by atoms with E-state index in [0.717, 1.165) is 12.5 Å². The van der Waals surface area contributed by atoms with Crippen LogP contribution in [0, 0.1) is 0 Å². The van der Waals surface area contributed by atoms with Crippen molar-refractivity contribution in [2.45, 2.75) is 19.8 Å². The van der Waals surface area contributed by atoms with Gasteiger partial charge in [-0.2, -0.15) is 0 Å². The topological polar surface area (TPSA) is 124 Å². The minimum Gasteiger partial charge on any atom is -0.481 e. The monoisotopic (exact) mass is 266 g/mol. The van der Waals surface area contributed by atoms with Gasteiger partial charge in [-0.25, -0.2) is 4.79 Å². The Bertz CT molecular complexity index is 200. The van der Waals surface area contributed by atoms with Crippen LogP contribution in [0.3, 0.4) is 0 Å². The van der Waals surface area contributed by atoms with Gasteiger partial charge in [-0.1, -0.05) is 13.5 Å². The van der Waals surface area contributed by atoms with Crippen molar-refractivity contribution in [3.63, 3.8) is 0 Å². The van der Waals surface area contributed by atoms with E-state index >= 15 is 0 Å². The predicted molar refractivity (Wildman–Crippen MR) is 65.4 cm³/mol. The molecule has 0 spiro atoms. The average molecular weight is 266 g/mol. The van der Waals surface area contributed by atoms with Crippen LogP contribution >= 0.6 is 0 Å². The molecule has 0 aromatic rings. The molecule has 7 nitrogen and oxygen atoms in total. The van der Waals surface area contributed by atoms with Crippen LogP contribution in [0.2, 0.25) is 0 Å². The minimum absolute atomic E-state index is 0.0278. The highest BCUT2D eigenvalue weighted by Crippen LogP contribution is 1.82. The largest absolute Gasteiger partial charge is 0.481 e. The molecule has 4 N–H and O–H groups in total. The van der Waals surface area contributed by atoms with E-state index in [1.54, 1.807) is 0 Å².